The molecule has 0 saturated carbocycles. The average Bonchev–Trinajstić information content (AvgIpc) is 2.92. The van der Waals surface area contributed by atoms with Gasteiger partial charge in [0.1, 0.15) is 5.76 Å². The van der Waals surface area contributed by atoms with E-state index in [1.54, 1.807) is 12.3 Å². The van der Waals surface area contributed by atoms with Gasteiger partial charge in [-0.3, -0.25) is 0 Å². The number of benzene rings is 1. The van der Waals surface area contributed by atoms with Crippen LogP contribution in [0.25, 0.3) is 0 Å². The lowest BCUT2D eigenvalue weighted by Gasteiger charge is -2.15. The summed E-state index contributed by atoms with van der Waals surface area (Å²) in [6, 6.07) is 8.05. The minimum absolute atomic E-state index is 0.204. The van der Waals surface area contributed by atoms with Crippen LogP contribution in [0.5, 0.6) is 0 Å². The van der Waals surface area contributed by atoms with Gasteiger partial charge in [0.25, 0.3) is 0 Å². The standard InChI is InChI=1S/C15H17F2NO/c1-18-12(5-6-13-3-2-8-19-13)9-11-4-7-14(16)15(17)10-11/h2-4,7-8,10,12,18H,5-6,9H2,1H3. The molecule has 0 spiro atoms. The number of aryl methyl sites for hydroxylation is 1. The van der Waals surface area contributed by atoms with Gasteiger partial charge in [-0.25, -0.2) is 8.78 Å². The van der Waals surface area contributed by atoms with E-state index in [4.69, 9.17) is 4.42 Å². The van der Waals surface area contributed by atoms with Crippen molar-refractivity contribution in [2.24, 2.45) is 0 Å². The van der Waals surface area contributed by atoms with Gasteiger partial charge < -0.3 is 9.73 Å². The highest BCUT2D eigenvalue weighted by Gasteiger charge is 2.10. The van der Waals surface area contributed by atoms with Crippen molar-refractivity contribution in [3.8, 4) is 0 Å². The van der Waals surface area contributed by atoms with Crippen LogP contribution in [0.15, 0.2) is 41.0 Å². The maximum absolute atomic E-state index is 13.1. The molecule has 1 atom stereocenters. The number of nitrogens with one attached hydrogen (secondary N) is 1. The van der Waals surface area contributed by atoms with Crippen molar-refractivity contribution in [3.05, 3.63) is 59.6 Å². The number of rotatable bonds is 6. The Hall–Kier alpha value is -1.68. The quantitative estimate of drug-likeness (QED) is 0.866. The van der Waals surface area contributed by atoms with Crippen LogP contribution in [0.1, 0.15) is 17.7 Å². The molecule has 0 amide bonds. The number of hydrogen-bond acceptors (Lipinski definition) is 2. The van der Waals surface area contributed by atoms with Gasteiger partial charge in [-0.15, -0.1) is 0 Å². The van der Waals surface area contributed by atoms with E-state index in [1.165, 1.54) is 12.1 Å². The zero-order valence-corrected chi connectivity index (χ0v) is 10.8. The maximum Gasteiger partial charge on any atom is 0.159 e. The van der Waals surface area contributed by atoms with Crippen molar-refractivity contribution < 1.29 is 13.2 Å². The third-order valence-electron chi connectivity index (χ3n) is 3.19. The highest BCUT2D eigenvalue weighted by Crippen LogP contribution is 2.13. The Morgan fingerprint density at radius 3 is 2.68 bits per heavy atom. The fraction of sp³-hybridized carbons (Fsp3) is 0.333. The van der Waals surface area contributed by atoms with Crippen LogP contribution in [0.4, 0.5) is 8.78 Å². The molecule has 2 aromatic rings. The Morgan fingerprint density at radius 2 is 2.05 bits per heavy atom. The monoisotopic (exact) mass is 265 g/mol. The van der Waals surface area contributed by atoms with Crippen molar-refractivity contribution in [3.63, 3.8) is 0 Å². The molecule has 1 unspecified atom stereocenters. The summed E-state index contributed by atoms with van der Waals surface area (Å²) in [7, 11) is 1.87. The molecule has 0 aliphatic heterocycles. The molecule has 1 aromatic carbocycles. The van der Waals surface area contributed by atoms with Gasteiger partial charge in [-0.2, -0.15) is 0 Å². The second-order valence-electron chi connectivity index (χ2n) is 4.56. The number of hydrogen-bond donors (Lipinski definition) is 1. The molecule has 4 heteroatoms. The van der Waals surface area contributed by atoms with E-state index in [0.29, 0.717) is 6.42 Å². The van der Waals surface area contributed by atoms with E-state index in [0.717, 1.165) is 24.2 Å². The molecule has 1 aromatic heterocycles. The second-order valence-corrected chi connectivity index (χ2v) is 4.56. The van der Waals surface area contributed by atoms with E-state index < -0.39 is 11.6 Å². The van der Waals surface area contributed by atoms with E-state index in [2.05, 4.69) is 5.32 Å². The predicted molar refractivity (Wildman–Crippen MR) is 69.9 cm³/mol. The first-order valence-corrected chi connectivity index (χ1v) is 6.32. The van der Waals surface area contributed by atoms with Crippen LogP contribution in [0.3, 0.4) is 0 Å². The van der Waals surface area contributed by atoms with Crippen molar-refractivity contribution in [1.29, 1.82) is 0 Å². The highest BCUT2D eigenvalue weighted by molar-refractivity contribution is 5.19. The molecule has 2 nitrogen and oxygen atoms in total. The van der Waals surface area contributed by atoms with Crippen molar-refractivity contribution in [1.82, 2.24) is 5.32 Å². The largest absolute Gasteiger partial charge is 0.469 e. The third-order valence-corrected chi connectivity index (χ3v) is 3.19. The maximum atomic E-state index is 13.1. The zero-order valence-electron chi connectivity index (χ0n) is 10.8. The van der Waals surface area contributed by atoms with Gasteiger partial charge in [0.15, 0.2) is 11.6 Å². The summed E-state index contributed by atoms with van der Waals surface area (Å²) in [5.74, 6) is -0.663. The molecule has 0 radical (unpaired) electrons. The van der Waals surface area contributed by atoms with Gasteiger partial charge >= 0.3 is 0 Å². The molecular formula is C15H17F2NO. The van der Waals surface area contributed by atoms with E-state index in [-0.39, 0.29) is 6.04 Å². The minimum Gasteiger partial charge on any atom is -0.469 e. The molecule has 0 aliphatic carbocycles. The molecule has 0 aliphatic rings. The molecule has 19 heavy (non-hydrogen) atoms. The summed E-state index contributed by atoms with van der Waals surface area (Å²) in [5.41, 5.74) is 0.790. The van der Waals surface area contributed by atoms with Crippen LogP contribution in [-0.2, 0) is 12.8 Å². The summed E-state index contributed by atoms with van der Waals surface area (Å²) in [4.78, 5) is 0. The molecule has 1 heterocycles. The lowest BCUT2D eigenvalue weighted by Crippen LogP contribution is -2.28. The summed E-state index contributed by atoms with van der Waals surface area (Å²) >= 11 is 0. The molecule has 102 valence electrons. The highest BCUT2D eigenvalue weighted by atomic mass is 19.2. The van der Waals surface area contributed by atoms with Gasteiger partial charge in [0.2, 0.25) is 0 Å². The van der Waals surface area contributed by atoms with Gasteiger partial charge in [0.05, 0.1) is 6.26 Å². The predicted octanol–water partition coefficient (Wildman–Crippen LogP) is 3.32. The van der Waals surface area contributed by atoms with Crippen molar-refractivity contribution in [2.75, 3.05) is 7.05 Å². The van der Waals surface area contributed by atoms with Crippen LogP contribution >= 0.6 is 0 Å². The van der Waals surface area contributed by atoms with E-state index in [1.807, 2.05) is 19.2 Å². The minimum atomic E-state index is -0.805. The van der Waals surface area contributed by atoms with E-state index in [9.17, 15) is 8.78 Å². The number of likely N-dealkylation sites (N-methyl/N-ethyl adjacent to an activating group) is 1. The van der Waals surface area contributed by atoms with Crippen LogP contribution < -0.4 is 5.32 Å². The number of halogens is 2. The Kier molecular flexibility index (Phi) is 4.68. The topological polar surface area (TPSA) is 25.2 Å². The molecule has 2 rings (SSSR count). The average molecular weight is 265 g/mol. The molecule has 0 saturated heterocycles. The van der Waals surface area contributed by atoms with Crippen LogP contribution in [-0.4, -0.2) is 13.1 Å². The fourth-order valence-electron chi connectivity index (χ4n) is 2.07. The third kappa shape index (κ3) is 3.89. The lowest BCUT2D eigenvalue weighted by atomic mass is 10.0. The second kappa shape index (κ2) is 6.48. The smallest absolute Gasteiger partial charge is 0.159 e. The Morgan fingerprint density at radius 1 is 1.21 bits per heavy atom. The van der Waals surface area contributed by atoms with Crippen LogP contribution in [0.2, 0.25) is 0 Å². The Labute approximate surface area is 111 Å². The Bertz CT molecular complexity index is 511. The summed E-state index contributed by atoms with van der Waals surface area (Å²) in [5, 5.41) is 3.19. The first kappa shape index (κ1) is 13.7. The first-order valence-electron chi connectivity index (χ1n) is 6.32. The first-order chi connectivity index (χ1) is 9.19. The molecular weight excluding hydrogens is 248 g/mol. The SMILES string of the molecule is CNC(CCc1ccco1)Cc1ccc(F)c(F)c1. The summed E-state index contributed by atoms with van der Waals surface area (Å²) in [6.07, 6.45) is 4.01. The zero-order chi connectivity index (χ0) is 13.7. The molecule has 0 fully saturated rings. The molecule has 1 N–H and O–H groups in total. The number of furan rings is 1. The van der Waals surface area contributed by atoms with Crippen molar-refractivity contribution >= 4 is 0 Å². The van der Waals surface area contributed by atoms with Gasteiger partial charge in [0, 0.05) is 12.5 Å². The van der Waals surface area contributed by atoms with E-state index >= 15 is 0 Å². The normalized spacial score (nSPS) is 12.6. The Balaban J connectivity index is 1.92. The fourth-order valence-corrected chi connectivity index (χ4v) is 2.07. The van der Waals surface area contributed by atoms with Gasteiger partial charge in [-0.1, -0.05) is 6.07 Å². The van der Waals surface area contributed by atoms with Gasteiger partial charge in [-0.05, 0) is 49.7 Å². The summed E-state index contributed by atoms with van der Waals surface area (Å²) in [6.45, 7) is 0. The lowest BCUT2D eigenvalue weighted by molar-refractivity contribution is 0.458. The summed E-state index contributed by atoms with van der Waals surface area (Å²) < 4.78 is 31.3. The molecule has 0 bridgehead atoms. The van der Waals surface area contributed by atoms with Crippen molar-refractivity contribution in [2.45, 2.75) is 25.3 Å². The van der Waals surface area contributed by atoms with Crippen LogP contribution in [0, 0.1) is 11.6 Å².